The third-order valence-electron chi connectivity index (χ3n) is 4.36. The van der Waals surface area contributed by atoms with Crippen LogP contribution in [0.1, 0.15) is 5.56 Å². The topological polar surface area (TPSA) is 123 Å². The second-order valence-electron chi connectivity index (χ2n) is 6.30. The van der Waals surface area contributed by atoms with Gasteiger partial charge in [0.1, 0.15) is 12.4 Å². The number of rotatable bonds is 4. The molecule has 0 saturated heterocycles. The number of nitro groups is 1. The van der Waals surface area contributed by atoms with E-state index in [1.165, 1.54) is 12.1 Å². The minimum absolute atomic E-state index is 0.00868. The molecule has 3 aromatic rings. The van der Waals surface area contributed by atoms with Gasteiger partial charge in [0.2, 0.25) is 6.10 Å². The summed E-state index contributed by atoms with van der Waals surface area (Å²) in [5.41, 5.74) is 2.18. The molecule has 1 heterocycles. The van der Waals surface area contributed by atoms with E-state index in [-0.39, 0.29) is 23.6 Å². The van der Waals surface area contributed by atoms with Crippen LogP contribution in [0.5, 0.6) is 17.2 Å². The summed E-state index contributed by atoms with van der Waals surface area (Å²) < 4.78 is 11.4. The zero-order chi connectivity index (χ0) is 20.4. The Bertz CT molecular complexity index is 1140. The number of aromatic hydroxyl groups is 1. The molecule has 0 aromatic heterocycles. The summed E-state index contributed by atoms with van der Waals surface area (Å²) in [5, 5.41) is 26.3. The van der Waals surface area contributed by atoms with Gasteiger partial charge >= 0.3 is 0 Å². The summed E-state index contributed by atoms with van der Waals surface area (Å²) in [6.45, 7) is 0.00868. The van der Waals surface area contributed by atoms with Crippen molar-refractivity contribution in [3.63, 3.8) is 0 Å². The fraction of sp³-hybridized carbons (Fsp3) is 0.100. The van der Waals surface area contributed by atoms with E-state index < -0.39 is 16.9 Å². The summed E-state index contributed by atoms with van der Waals surface area (Å²) in [4.78, 5) is 22.5. The number of nitrogens with one attached hydrogen (secondary N) is 1. The number of carbonyl (C=O) groups excluding carboxylic acids is 1. The van der Waals surface area contributed by atoms with E-state index in [9.17, 15) is 20.0 Å². The molecule has 2 N–H and O–H groups in total. The van der Waals surface area contributed by atoms with Crippen LogP contribution in [-0.4, -0.2) is 34.9 Å². The molecule has 4 rings (SSSR count). The van der Waals surface area contributed by atoms with E-state index in [4.69, 9.17) is 9.47 Å². The standard InChI is InChI=1S/C20H15N3O6/c24-16-6-5-15(23(26)27)7-14(16)10-21-22-20(25)19-11-28-17-8-12-3-1-2-4-13(12)9-18(17)29-19/h1-10,19,24H,11H2,(H,22,25). The summed E-state index contributed by atoms with van der Waals surface area (Å²) in [6.07, 6.45) is 0.199. The van der Waals surface area contributed by atoms with Crippen molar-refractivity contribution in [2.45, 2.75) is 6.10 Å². The number of benzene rings is 3. The van der Waals surface area contributed by atoms with Crippen molar-refractivity contribution in [1.82, 2.24) is 5.43 Å². The maximum Gasteiger partial charge on any atom is 0.284 e. The fourth-order valence-electron chi connectivity index (χ4n) is 2.88. The molecule has 9 heteroatoms. The zero-order valence-electron chi connectivity index (χ0n) is 14.9. The Labute approximate surface area is 164 Å². The van der Waals surface area contributed by atoms with E-state index >= 15 is 0 Å². The van der Waals surface area contributed by atoms with Crippen LogP contribution in [0.2, 0.25) is 0 Å². The SMILES string of the molecule is O=C(NN=Cc1cc([N+](=O)[O-])ccc1O)C1COc2cc3ccccc3cc2O1. The minimum atomic E-state index is -0.917. The van der Waals surface area contributed by atoms with Gasteiger partial charge < -0.3 is 14.6 Å². The lowest BCUT2D eigenvalue weighted by atomic mass is 10.1. The van der Waals surface area contributed by atoms with Crippen LogP contribution in [0, 0.1) is 10.1 Å². The molecule has 1 unspecified atom stereocenters. The quantitative estimate of drug-likeness (QED) is 0.399. The number of nitrogens with zero attached hydrogens (tertiary/aromatic N) is 2. The number of phenols is 1. The van der Waals surface area contributed by atoms with E-state index in [1.807, 2.05) is 30.3 Å². The fourth-order valence-corrected chi connectivity index (χ4v) is 2.88. The first-order chi connectivity index (χ1) is 14.0. The molecular formula is C20H15N3O6. The van der Waals surface area contributed by atoms with Gasteiger partial charge in [-0.15, -0.1) is 0 Å². The van der Waals surface area contributed by atoms with Crippen molar-refractivity contribution in [1.29, 1.82) is 0 Å². The van der Waals surface area contributed by atoms with E-state index in [0.29, 0.717) is 11.5 Å². The Kier molecular flexibility index (Phi) is 4.70. The molecule has 0 radical (unpaired) electrons. The summed E-state index contributed by atoms with van der Waals surface area (Å²) in [7, 11) is 0. The molecule has 0 bridgehead atoms. The molecule has 9 nitrogen and oxygen atoms in total. The normalized spacial score (nSPS) is 15.4. The van der Waals surface area contributed by atoms with E-state index in [2.05, 4.69) is 10.5 Å². The molecule has 1 atom stereocenters. The molecule has 1 aliphatic rings. The average molecular weight is 393 g/mol. The number of phenolic OH excluding ortho intramolecular Hbond substituents is 1. The second-order valence-corrected chi connectivity index (χ2v) is 6.30. The van der Waals surface area contributed by atoms with Crippen molar-refractivity contribution in [3.8, 4) is 17.2 Å². The van der Waals surface area contributed by atoms with Crippen molar-refractivity contribution >= 4 is 28.6 Å². The predicted octanol–water partition coefficient (Wildman–Crippen LogP) is 2.74. The molecule has 0 aliphatic carbocycles. The van der Waals surface area contributed by atoms with Gasteiger partial charge in [0.05, 0.1) is 11.1 Å². The van der Waals surface area contributed by atoms with Crippen LogP contribution >= 0.6 is 0 Å². The average Bonchev–Trinajstić information content (AvgIpc) is 2.72. The number of carbonyl (C=O) groups is 1. The van der Waals surface area contributed by atoms with Gasteiger partial charge in [0, 0.05) is 17.7 Å². The first-order valence-electron chi connectivity index (χ1n) is 8.64. The molecule has 0 spiro atoms. The molecule has 1 aliphatic heterocycles. The maximum atomic E-state index is 12.3. The number of ether oxygens (including phenoxy) is 2. The van der Waals surface area contributed by atoms with Gasteiger partial charge in [-0.1, -0.05) is 24.3 Å². The van der Waals surface area contributed by atoms with Gasteiger partial charge in [-0.25, -0.2) is 5.43 Å². The highest BCUT2D eigenvalue weighted by atomic mass is 16.6. The molecule has 0 saturated carbocycles. The highest BCUT2D eigenvalue weighted by molar-refractivity contribution is 5.88. The summed E-state index contributed by atoms with van der Waals surface area (Å²) in [6, 6.07) is 14.9. The zero-order valence-corrected chi connectivity index (χ0v) is 14.9. The number of hydrazone groups is 1. The van der Waals surface area contributed by atoms with E-state index in [1.54, 1.807) is 6.07 Å². The third-order valence-corrected chi connectivity index (χ3v) is 4.36. The number of hydrogen-bond donors (Lipinski definition) is 2. The monoisotopic (exact) mass is 393 g/mol. The molecular weight excluding hydrogens is 378 g/mol. The second kappa shape index (κ2) is 7.47. The Morgan fingerprint density at radius 1 is 1.17 bits per heavy atom. The lowest BCUT2D eigenvalue weighted by Gasteiger charge is -2.25. The van der Waals surface area contributed by atoms with Crippen LogP contribution in [0.4, 0.5) is 5.69 Å². The van der Waals surface area contributed by atoms with Gasteiger partial charge in [-0.05, 0) is 29.0 Å². The summed E-state index contributed by atoms with van der Waals surface area (Å²) >= 11 is 0. The van der Waals surface area contributed by atoms with Gasteiger partial charge in [-0.3, -0.25) is 14.9 Å². The highest BCUT2D eigenvalue weighted by Gasteiger charge is 2.27. The van der Waals surface area contributed by atoms with Crippen molar-refractivity contribution < 1.29 is 24.3 Å². The Hall–Kier alpha value is -4.14. The lowest BCUT2D eigenvalue weighted by molar-refractivity contribution is -0.384. The maximum absolute atomic E-state index is 12.3. The van der Waals surface area contributed by atoms with Gasteiger partial charge in [-0.2, -0.15) is 5.10 Å². The van der Waals surface area contributed by atoms with Crippen LogP contribution < -0.4 is 14.9 Å². The van der Waals surface area contributed by atoms with E-state index in [0.717, 1.165) is 23.1 Å². The Morgan fingerprint density at radius 3 is 2.62 bits per heavy atom. The van der Waals surface area contributed by atoms with Crippen molar-refractivity contribution in [3.05, 3.63) is 70.3 Å². The summed E-state index contributed by atoms with van der Waals surface area (Å²) in [5.74, 6) is 0.254. The Morgan fingerprint density at radius 2 is 1.90 bits per heavy atom. The third kappa shape index (κ3) is 3.79. The molecule has 1 amide bonds. The molecule has 3 aromatic carbocycles. The van der Waals surface area contributed by atoms with Gasteiger partial charge in [0.25, 0.3) is 11.6 Å². The first kappa shape index (κ1) is 18.2. The molecule has 29 heavy (non-hydrogen) atoms. The largest absolute Gasteiger partial charge is 0.507 e. The van der Waals surface area contributed by atoms with Gasteiger partial charge in [0.15, 0.2) is 11.5 Å². The molecule has 146 valence electrons. The Balaban J connectivity index is 1.45. The number of fused-ring (bicyclic) bond motifs is 2. The lowest BCUT2D eigenvalue weighted by Crippen LogP contribution is -2.42. The number of hydrogen-bond acceptors (Lipinski definition) is 7. The minimum Gasteiger partial charge on any atom is -0.507 e. The van der Waals surface area contributed by atoms with Crippen molar-refractivity contribution in [2.75, 3.05) is 6.61 Å². The predicted molar refractivity (Wildman–Crippen MR) is 104 cm³/mol. The first-order valence-corrected chi connectivity index (χ1v) is 8.64. The van der Waals surface area contributed by atoms with Crippen molar-refractivity contribution in [2.24, 2.45) is 5.10 Å². The number of amides is 1. The molecule has 0 fully saturated rings. The highest BCUT2D eigenvalue weighted by Crippen LogP contribution is 2.35. The van der Waals surface area contributed by atoms with Crippen LogP contribution in [-0.2, 0) is 4.79 Å². The number of non-ortho nitro benzene ring substituents is 1. The van der Waals surface area contributed by atoms with Crippen LogP contribution in [0.25, 0.3) is 10.8 Å². The van der Waals surface area contributed by atoms with Crippen LogP contribution in [0.3, 0.4) is 0 Å². The smallest absolute Gasteiger partial charge is 0.284 e. The number of nitro benzene ring substituents is 1. The van der Waals surface area contributed by atoms with Crippen LogP contribution in [0.15, 0.2) is 59.7 Å².